The topological polar surface area (TPSA) is 67.1 Å². The van der Waals surface area contributed by atoms with Crippen LogP contribution in [-0.2, 0) is 20.0 Å². The van der Waals surface area contributed by atoms with Crippen LogP contribution in [0.2, 0.25) is 10.0 Å². The molecule has 0 amide bonds. The second kappa shape index (κ2) is 8.74. The van der Waals surface area contributed by atoms with Crippen LogP contribution in [0.1, 0.15) is 17.8 Å². The van der Waals surface area contributed by atoms with Gasteiger partial charge in [-0.2, -0.15) is 0 Å². The molecule has 8 heteroatoms. The molecule has 1 aromatic carbocycles. The van der Waals surface area contributed by atoms with E-state index in [2.05, 4.69) is 25.8 Å². The molecule has 0 bridgehead atoms. The van der Waals surface area contributed by atoms with E-state index in [4.69, 9.17) is 23.2 Å². The van der Waals surface area contributed by atoms with E-state index in [9.17, 15) is 0 Å². The van der Waals surface area contributed by atoms with E-state index in [1.807, 2.05) is 23.7 Å². The summed E-state index contributed by atoms with van der Waals surface area (Å²) in [7, 11) is 3.64. The molecule has 2 aromatic rings. The summed E-state index contributed by atoms with van der Waals surface area (Å²) in [5.41, 5.74) is 1.10. The molecule has 0 saturated heterocycles. The molecule has 0 spiro atoms. The average Bonchev–Trinajstić information content (AvgIpc) is 2.93. The van der Waals surface area contributed by atoms with Gasteiger partial charge in [-0.05, 0) is 30.5 Å². The largest absolute Gasteiger partial charge is 0.356 e. The minimum absolute atomic E-state index is 0.569. The highest BCUT2D eigenvalue weighted by molar-refractivity contribution is 6.35. The minimum Gasteiger partial charge on any atom is -0.356 e. The maximum atomic E-state index is 6.16. The summed E-state index contributed by atoms with van der Waals surface area (Å²) in [6.45, 7) is 1.36. The molecule has 0 aliphatic carbocycles. The van der Waals surface area contributed by atoms with Crippen molar-refractivity contribution in [2.45, 2.75) is 19.4 Å². The van der Waals surface area contributed by atoms with Gasteiger partial charge in [0, 0.05) is 30.7 Å². The van der Waals surface area contributed by atoms with Crippen molar-refractivity contribution >= 4 is 29.2 Å². The number of nitrogens with one attached hydrogen (secondary N) is 2. The van der Waals surface area contributed by atoms with E-state index in [0.29, 0.717) is 16.6 Å². The first-order valence-electron chi connectivity index (χ1n) is 7.31. The lowest BCUT2D eigenvalue weighted by Crippen LogP contribution is -2.37. The molecule has 0 aliphatic heterocycles. The minimum atomic E-state index is 0.569. The first-order chi connectivity index (χ1) is 11.1. The Morgan fingerprint density at radius 2 is 2.13 bits per heavy atom. The van der Waals surface area contributed by atoms with Crippen LogP contribution >= 0.6 is 23.2 Å². The van der Waals surface area contributed by atoms with E-state index < -0.39 is 0 Å². The summed E-state index contributed by atoms with van der Waals surface area (Å²) >= 11 is 12.1. The number of benzene rings is 1. The van der Waals surface area contributed by atoms with Gasteiger partial charge in [0.2, 0.25) is 0 Å². The molecule has 124 valence electrons. The number of halogens is 2. The number of rotatable bonds is 6. The van der Waals surface area contributed by atoms with Gasteiger partial charge in [0.1, 0.15) is 6.33 Å². The molecule has 2 N–H and O–H groups in total. The van der Waals surface area contributed by atoms with Crippen molar-refractivity contribution in [2.75, 3.05) is 13.6 Å². The lowest BCUT2D eigenvalue weighted by Gasteiger charge is -2.11. The molecule has 2 rings (SSSR count). The highest BCUT2D eigenvalue weighted by atomic mass is 35.5. The molecule has 23 heavy (non-hydrogen) atoms. The van der Waals surface area contributed by atoms with Crippen LogP contribution in [0.4, 0.5) is 0 Å². The quantitative estimate of drug-likeness (QED) is 0.475. The second-order valence-electron chi connectivity index (χ2n) is 5.05. The van der Waals surface area contributed by atoms with Crippen molar-refractivity contribution in [1.82, 2.24) is 25.4 Å². The Hall–Kier alpha value is -1.79. The molecule has 0 fully saturated rings. The van der Waals surface area contributed by atoms with E-state index in [1.54, 1.807) is 19.4 Å². The Balaban J connectivity index is 1.72. The predicted molar refractivity (Wildman–Crippen MR) is 94.0 cm³/mol. The number of aryl methyl sites for hydroxylation is 2. The van der Waals surface area contributed by atoms with Gasteiger partial charge in [-0.1, -0.05) is 29.3 Å². The zero-order valence-corrected chi connectivity index (χ0v) is 14.7. The maximum absolute atomic E-state index is 6.16. The molecule has 0 unspecified atom stereocenters. The predicted octanol–water partition coefficient (Wildman–Crippen LogP) is 2.42. The Bertz CT molecular complexity index is 668. The second-order valence-corrected chi connectivity index (χ2v) is 5.89. The number of hydrogen-bond donors (Lipinski definition) is 2. The van der Waals surface area contributed by atoms with E-state index >= 15 is 0 Å². The Kier molecular flexibility index (Phi) is 6.67. The molecule has 0 radical (unpaired) electrons. The maximum Gasteiger partial charge on any atom is 0.191 e. The lowest BCUT2D eigenvalue weighted by atomic mass is 10.1. The van der Waals surface area contributed by atoms with Crippen LogP contribution < -0.4 is 10.6 Å². The fourth-order valence-electron chi connectivity index (χ4n) is 2.06. The Morgan fingerprint density at radius 3 is 2.78 bits per heavy atom. The van der Waals surface area contributed by atoms with Crippen LogP contribution in [-0.4, -0.2) is 34.3 Å². The standard InChI is InChI=1S/C15H20Cl2N6/c1-18-15(20-9-14-22-21-10-23(14)2)19-7-3-4-11-5-6-12(16)8-13(11)17/h5-6,8,10H,3-4,7,9H2,1-2H3,(H2,18,19,20). The molecule has 0 saturated carbocycles. The summed E-state index contributed by atoms with van der Waals surface area (Å²) in [4.78, 5) is 4.18. The summed E-state index contributed by atoms with van der Waals surface area (Å²) in [6.07, 6.45) is 3.48. The lowest BCUT2D eigenvalue weighted by molar-refractivity contribution is 0.708. The number of nitrogens with zero attached hydrogens (tertiary/aromatic N) is 4. The van der Waals surface area contributed by atoms with Crippen molar-refractivity contribution in [1.29, 1.82) is 0 Å². The summed E-state index contributed by atoms with van der Waals surface area (Å²) in [5, 5.41) is 15.7. The normalized spacial score (nSPS) is 11.6. The molecular weight excluding hydrogens is 335 g/mol. The van der Waals surface area contributed by atoms with Crippen LogP contribution in [0, 0.1) is 0 Å². The van der Waals surface area contributed by atoms with E-state index in [1.165, 1.54) is 0 Å². The summed E-state index contributed by atoms with van der Waals surface area (Å²) < 4.78 is 1.86. The van der Waals surface area contributed by atoms with Gasteiger partial charge in [-0.15, -0.1) is 10.2 Å². The van der Waals surface area contributed by atoms with Gasteiger partial charge >= 0.3 is 0 Å². The van der Waals surface area contributed by atoms with Gasteiger partial charge in [0.25, 0.3) is 0 Å². The Morgan fingerprint density at radius 1 is 1.30 bits per heavy atom. The fraction of sp³-hybridized carbons (Fsp3) is 0.400. The third-order valence-corrected chi connectivity index (χ3v) is 3.96. The van der Waals surface area contributed by atoms with Crippen molar-refractivity contribution < 1.29 is 0 Å². The molecule has 0 atom stereocenters. The van der Waals surface area contributed by atoms with Crippen molar-refractivity contribution in [3.63, 3.8) is 0 Å². The van der Waals surface area contributed by atoms with Gasteiger partial charge in [0.15, 0.2) is 11.8 Å². The number of aromatic nitrogens is 3. The average molecular weight is 355 g/mol. The van der Waals surface area contributed by atoms with E-state index in [0.717, 1.165) is 36.7 Å². The number of guanidine groups is 1. The molecule has 1 heterocycles. The zero-order valence-electron chi connectivity index (χ0n) is 13.2. The van der Waals surface area contributed by atoms with Gasteiger partial charge in [-0.3, -0.25) is 4.99 Å². The first kappa shape index (κ1) is 17.6. The van der Waals surface area contributed by atoms with Gasteiger partial charge < -0.3 is 15.2 Å². The summed E-state index contributed by atoms with van der Waals surface area (Å²) in [5.74, 6) is 1.58. The van der Waals surface area contributed by atoms with Crippen LogP contribution in [0.3, 0.4) is 0 Å². The van der Waals surface area contributed by atoms with Crippen molar-refractivity contribution in [2.24, 2.45) is 12.0 Å². The smallest absolute Gasteiger partial charge is 0.191 e. The Labute approximate surface area is 145 Å². The first-order valence-corrected chi connectivity index (χ1v) is 8.07. The van der Waals surface area contributed by atoms with Crippen LogP contribution in [0.5, 0.6) is 0 Å². The van der Waals surface area contributed by atoms with Crippen molar-refractivity contribution in [3.05, 3.63) is 46.0 Å². The molecule has 1 aromatic heterocycles. The highest BCUT2D eigenvalue weighted by Crippen LogP contribution is 2.21. The van der Waals surface area contributed by atoms with Gasteiger partial charge in [0.05, 0.1) is 6.54 Å². The SMILES string of the molecule is CN=C(NCCCc1ccc(Cl)cc1Cl)NCc1nncn1C. The van der Waals surface area contributed by atoms with Crippen molar-refractivity contribution in [3.8, 4) is 0 Å². The molecule has 0 aliphatic rings. The third kappa shape index (κ3) is 5.41. The molecule has 6 nitrogen and oxygen atoms in total. The fourth-order valence-corrected chi connectivity index (χ4v) is 2.56. The van der Waals surface area contributed by atoms with Crippen LogP contribution in [0.25, 0.3) is 0 Å². The van der Waals surface area contributed by atoms with Crippen LogP contribution in [0.15, 0.2) is 29.5 Å². The number of hydrogen-bond acceptors (Lipinski definition) is 3. The monoisotopic (exact) mass is 354 g/mol. The third-order valence-electron chi connectivity index (χ3n) is 3.37. The summed E-state index contributed by atoms with van der Waals surface area (Å²) in [6, 6.07) is 5.59. The number of aliphatic imine (C=N–C) groups is 1. The highest BCUT2D eigenvalue weighted by Gasteiger charge is 2.04. The van der Waals surface area contributed by atoms with Gasteiger partial charge in [-0.25, -0.2) is 0 Å². The molecular formula is C15H20Cl2N6. The van der Waals surface area contributed by atoms with E-state index in [-0.39, 0.29) is 0 Å². The zero-order chi connectivity index (χ0) is 16.7.